The van der Waals surface area contributed by atoms with Gasteiger partial charge in [-0.1, -0.05) is 11.6 Å². The molecule has 2 N–H and O–H groups in total. The molecule has 0 unspecified atom stereocenters. The van der Waals surface area contributed by atoms with Crippen LogP contribution < -0.4 is 10.6 Å². The smallest absolute Gasteiger partial charge is 0.356 e. The van der Waals surface area contributed by atoms with E-state index in [-0.39, 0.29) is 42.0 Å². The Hall–Kier alpha value is -3.55. The zero-order valence-electron chi connectivity index (χ0n) is 21.3. The number of hydrogen-bond acceptors (Lipinski definition) is 7. The van der Waals surface area contributed by atoms with Crippen LogP contribution in [0.25, 0.3) is 11.0 Å². The molecule has 2 aromatic rings. The van der Waals surface area contributed by atoms with Gasteiger partial charge in [-0.05, 0) is 49.7 Å². The Balaban J connectivity index is 1.32. The Kier molecular flexibility index (Phi) is 7.80. The van der Waals surface area contributed by atoms with E-state index in [0.717, 1.165) is 18.9 Å². The third-order valence-electron chi connectivity index (χ3n) is 8.14. The zero-order valence-corrected chi connectivity index (χ0v) is 21.3. The summed E-state index contributed by atoms with van der Waals surface area (Å²) < 4.78 is 60.1. The van der Waals surface area contributed by atoms with E-state index in [0.29, 0.717) is 31.3 Å². The zero-order chi connectivity index (χ0) is 28.6. The Bertz CT molecular complexity index is 1310. The van der Waals surface area contributed by atoms with Crippen molar-refractivity contribution in [3.05, 3.63) is 29.7 Å². The minimum Gasteiger partial charge on any atom is -0.356 e. The molecule has 1 aliphatic carbocycles. The first-order valence-corrected chi connectivity index (χ1v) is 13.2. The SMILES string of the molecule is O=C(COC(F)(F)F)[C@@H](CNC(=O)[C@@H]1[C@H]2CCC[C@H]2CN1C(=O)c1noc2cc(F)ccc12)C[C@@H]1CCNC1=O. The summed E-state index contributed by atoms with van der Waals surface area (Å²) in [4.78, 5) is 53.2. The first-order valence-electron chi connectivity index (χ1n) is 13.2. The quantitative estimate of drug-likeness (QED) is 0.445. The molecule has 0 radical (unpaired) electrons. The lowest BCUT2D eigenvalue weighted by atomic mass is 9.89. The molecule has 1 saturated carbocycles. The third kappa shape index (κ3) is 5.81. The molecule has 216 valence electrons. The van der Waals surface area contributed by atoms with Gasteiger partial charge >= 0.3 is 6.36 Å². The number of aromatic nitrogens is 1. The van der Waals surface area contributed by atoms with Crippen LogP contribution in [-0.2, 0) is 19.1 Å². The lowest BCUT2D eigenvalue weighted by molar-refractivity contribution is -0.321. The second-order valence-electron chi connectivity index (χ2n) is 10.6. The summed E-state index contributed by atoms with van der Waals surface area (Å²) in [5.41, 5.74) is 0.0273. The van der Waals surface area contributed by atoms with E-state index in [4.69, 9.17) is 4.52 Å². The van der Waals surface area contributed by atoms with Gasteiger partial charge in [0.15, 0.2) is 17.1 Å². The number of amides is 3. The predicted molar refractivity (Wildman–Crippen MR) is 129 cm³/mol. The van der Waals surface area contributed by atoms with Crippen molar-refractivity contribution < 1.29 is 46.0 Å². The number of nitrogens with zero attached hydrogens (tertiary/aromatic N) is 2. The average molecular weight is 569 g/mol. The predicted octanol–water partition coefficient (Wildman–Crippen LogP) is 2.57. The molecule has 3 heterocycles. The fourth-order valence-electron chi connectivity index (χ4n) is 6.19. The van der Waals surface area contributed by atoms with Crippen molar-refractivity contribution in [3.8, 4) is 0 Å². The monoisotopic (exact) mass is 568 g/mol. The van der Waals surface area contributed by atoms with Crippen molar-refractivity contribution in [2.24, 2.45) is 23.7 Å². The molecule has 2 saturated heterocycles. The van der Waals surface area contributed by atoms with Gasteiger partial charge in [0, 0.05) is 37.5 Å². The van der Waals surface area contributed by atoms with Crippen molar-refractivity contribution in [3.63, 3.8) is 0 Å². The molecule has 0 bridgehead atoms. The molecule has 5 rings (SSSR count). The van der Waals surface area contributed by atoms with Gasteiger partial charge in [-0.3, -0.25) is 23.9 Å². The molecule has 1 aromatic heterocycles. The van der Waals surface area contributed by atoms with E-state index in [1.807, 2.05) is 0 Å². The highest BCUT2D eigenvalue weighted by Gasteiger charge is 2.50. The summed E-state index contributed by atoms with van der Waals surface area (Å²) in [6.07, 6.45) is -2.25. The summed E-state index contributed by atoms with van der Waals surface area (Å²) in [6, 6.07) is 2.75. The van der Waals surface area contributed by atoms with Crippen LogP contribution in [0.4, 0.5) is 17.6 Å². The van der Waals surface area contributed by atoms with Gasteiger partial charge in [-0.25, -0.2) is 4.39 Å². The average Bonchev–Trinajstić information content (AvgIpc) is 3.68. The molecule has 3 aliphatic rings. The van der Waals surface area contributed by atoms with E-state index in [9.17, 15) is 36.7 Å². The van der Waals surface area contributed by atoms with Crippen molar-refractivity contribution in [1.82, 2.24) is 20.7 Å². The lowest BCUT2D eigenvalue weighted by Crippen LogP contribution is -2.50. The number of likely N-dealkylation sites (tertiary alicyclic amines) is 1. The van der Waals surface area contributed by atoms with Crippen LogP contribution in [0, 0.1) is 29.5 Å². The number of nitrogens with one attached hydrogen (secondary N) is 2. The number of Topliss-reactive ketones (excluding diaryl/α,β-unsaturated/α-hetero) is 1. The highest BCUT2D eigenvalue weighted by molar-refractivity contribution is 6.05. The van der Waals surface area contributed by atoms with Crippen LogP contribution in [0.2, 0.25) is 0 Å². The van der Waals surface area contributed by atoms with Gasteiger partial charge in [-0.15, -0.1) is 13.2 Å². The van der Waals surface area contributed by atoms with Gasteiger partial charge in [0.25, 0.3) is 5.91 Å². The number of ether oxygens (including phenoxy) is 1. The molecule has 10 nitrogen and oxygen atoms in total. The van der Waals surface area contributed by atoms with Crippen LogP contribution >= 0.6 is 0 Å². The molecule has 0 spiro atoms. The highest BCUT2D eigenvalue weighted by atomic mass is 19.4. The lowest BCUT2D eigenvalue weighted by Gasteiger charge is -2.27. The second kappa shape index (κ2) is 11.1. The molecular weight excluding hydrogens is 540 g/mol. The highest BCUT2D eigenvalue weighted by Crippen LogP contribution is 2.43. The van der Waals surface area contributed by atoms with Crippen molar-refractivity contribution >= 4 is 34.5 Å². The minimum atomic E-state index is -5.01. The number of ketones is 1. The largest absolute Gasteiger partial charge is 0.522 e. The van der Waals surface area contributed by atoms with E-state index < -0.39 is 54.3 Å². The second-order valence-corrected chi connectivity index (χ2v) is 10.6. The standard InChI is InChI=1S/C26H28F4N4O6/c27-16-4-5-18-20(9-16)40-33-21(18)25(38)34-11-14-2-1-3-17(14)22(34)24(37)32-10-15(8-13-6-7-31-23(13)36)19(35)12-39-26(28,29)30/h4-5,9,13-15,17,22H,1-3,6-8,10-12H2,(H,31,36)(H,32,37)/t13-,14-,15+,17-,22-/m0/s1. The first kappa shape index (κ1) is 28.0. The number of carbonyl (C=O) groups is 4. The van der Waals surface area contributed by atoms with Gasteiger partial charge in [0.05, 0.1) is 5.39 Å². The van der Waals surface area contributed by atoms with Crippen LogP contribution in [-0.4, -0.2) is 72.2 Å². The topological polar surface area (TPSA) is 131 Å². The molecular formula is C26H28F4N4O6. The Morgan fingerprint density at radius 3 is 2.75 bits per heavy atom. The van der Waals surface area contributed by atoms with Gasteiger partial charge in [0.2, 0.25) is 11.8 Å². The van der Waals surface area contributed by atoms with E-state index in [1.165, 1.54) is 17.0 Å². The maximum atomic E-state index is 13.6. The molecule has 1 aromatic carbocycles. The van der Waals surface area contributed by atoms with E-state index >= 15 is 0 Å². The summed E-state index contributed by atoms with van der Waals surface area (Å²) >= 11 is 0. The fraction of sp³-hybridized carbons (Fsp3) is 0.577. The first-order chi connectivity index (χ1) is 19.0. The summed E-state index contributed by atoms with van der Waals surface area (Å²) in [7, 11) is 0. The van der Waals surface area contributed by atoms with Gasteiger partial charge in [-0.2, -0.15) is 0 Å². The minimum absolute atomic E-state index is 0.0486. The van der Waals surface area contributed by atoms with Crippen molar-refractivity contribution in [2.45, 2.75) is 44.5 Å². The number of alkyl halides is 3. The molecule has 2 aliphatic heterocycles. The van der Waals surface area contributed by atoms with Crippen LogP contribution in [0.3, 0.4) is 0 Å². The number of hydrogen-bond donors (Lipinski definition) is 2. The fourth-order valence-corrected chi connectivity index (χ4v) is 6.19. The maximum absolute atomic E-state index is 13.6. The molecule has 40 heavy (non-hydrogen) atoms. The third-order valence-corrected chi connectivity index (χ3v) is 8.14. The molecule has 14 heteroatoms. The number of carbonyl (C=O) groups excluding carboxylic acids is 4. The van der Waals surface area contributed by atoms with Crippen molar-refractivity contribution in [2.75, 3.05) is 26.2 Å². The molecule has 3 fully saturated rings. The summed E-state index contributed by atoms with van der Waals surface area (Å²) in [6.45, 7) is -0.871. The molecule has 5 atom stereocenters. The normalized spacial score (nSPS) is 25.2. The van der Waals surface area contributed by atoms with Gasteiger partial charge in [0.1, 0.15) is 18.5 Å². The maximum Gasteiger partial charge on any atom is 0.522 e. The number of benzene rings is 1. The Morgan fingerprint density at radius 1 is 1.23 bits per heavy atom. The Morgan fingerprint density at radius 2 is 2.02 bits per heavy atom. The van der Waals surface area contributed by atoms with Crippen molar-refractivity contribution in [1.29, 1.82) is 0 Å². The molecule has 3 amide bonds. The van der Waals surface area contributed by atoms with Gasteiger partial charge < -0.3 is 20.1 Å². The number of rotatable bonds is 9. The van der Waals surface area contributed by atoms with Crippen LogP contribution in [0.15, 0.2) is 22.7 Å². The number of fused-ring (bicyclic) bond motifs is 2. The van der Waals surface area contributed by atoms with Crippen LogP contribution in [0.1, 0.15) is 42.6 Å². The number of halogens is 4. The summed E-state index contributed by atoms with van der Waals surface area (Å²) in [5.74, 6) is -4.63. The van der Waals surface area contributed by atoms with Crippen LogP contribution in [0.5, 0.6) is 0 Å². The summed E-state index contributed by atoms with van der Waals surface area (Å²) in [5, 5.41) is 9.41. The van der Waals surface area contributed by atoms with E-state index in [1.54, 1.807) is 0 Å². The Labute approximate surface area is 225 Å². The van der Waals surface area contributed by atoms with E-state index in [2.05, 4.69) is 20.5 Å².